The van der Waals surface area contributed by atoms with Crippen LogP contribution in [0.15, 0.2) is 10.6 Å². The Kier molecular flexibility index (Phi) is 5.16. The molecule has 1 unspecified atom stereocenters. The molecule has 2 heterocycles. The van der Waals surface area contributed by atoms with Crippen LogP contribution in [0, 0.1) is 0 Å². The second-order valence-corrected chi connectivity index (χ2v) is 4.96. The van der Waals surface area contributed by atoms with Gasteiger partial charge in [0.1, 0.15) is 6.61 Å². The Morgan fingerprint density at radius 2 is 2.44 bits per heavy atom. The van der Waals surface area contributed by atoms with Crippen molar-refractivity contribution >= 4 is 0 Å². The van der Waals surface area contributed by atoms with Gasteiger partial charge in [-0.25, -0.2) is 0 Å². The second kappa shape index (κ2) is 6.87. The maximum absolute atomic E-state index is 5.73. The quantitative estimate of drug-likeness (QED) is 0.830. The normalized spacial score (nSPS) is 21.3. The van der Waals surface area contributed by atoms with Gasteiger partial charge < -0.3 is 19.5 Å². The van der Waals surface area contributed by atoms with Gasteiger partial charge in [-0.15, -0.1) is 0 Å². The van der Waals surface area contributed by atoms with Crippen molar-refractivity contribution in [3.05, 3.63) is 17.5 Å². The number of likely N-dealkylation sites (tertiary alicyclic amines) is 1. The van der Waals surface area contributed by atoms with Crippen LogP contribution in [0.2, 0.25) is 0 Å². The molecule has 102 valence electrons. The first-order valence-corrected chi connectivity index (χ1v) is 6.66. The fourth-order valence-electron chi connectivity index (χ4n) is 2.34. The Bertz CT molecular complexity index is 354. The third-order valence-electron chi connectivity index (χ3n) is 3.44. The van der Waals surface area contributed by atoms with Crippen molar-refractivity contribution in [3.63, 3.8) is 0 Å². The summed E-state index contributed by atoms with van der Waals surface area (Å²) in [5.74, 6) is 0.804. The van der Waals surface area contributed by atoms with Crippen molar-refractivity contribution < 1.29 is 9.26 Å². The van der Waals surface area contributed by atoms with Gasteiger partial charge in [-0.1, -0.05) is 11.6 Å². The van der Waals surface area contributed by atoms with E-state index in [0.29, 0.717) is 12.6 Å². The zero-order chi connectivity index (χ0) is 12.8. The molecule has 0 aliphatic carbocycles. The van der Waals surface area contributed by atoms with E-state index in [4.69, 9.17) is 9.26 Å². The molecule has 0 saturated carbocycles. The van der Waals surface area contributed by atoms with Gasteiger partial charge in [-0.2, -0.15) is 0 Å². The highest BCUT2D eigenvalue weighted by molar-refractivity contribution is 5.03. The Morgan fingerprint density at radius 3 is 3.22 bits per heavy atom. The van der Waals surface area contributed by atoms with E-state index in [9.17, 15) is 0 Å². The minimum atomic E-state index is 0.515. The summed E-state index contributed by atoms with van der Waals surface area (Å²) in [7, 11) is 4.07. The van der Waals surface area contributed by atoms with Crippen LogP contribution >= 0.6 is 0 Å². The fraction of sp³-hybridized carbons (Fsp3) is 0.769. The average Bonchev–Trinajstić information content (AvgIpc) is 2.80. The van der Waals surface area contributed by atoms with Gasteiger partial charge >= 0.3 is 0 Å². The predicted octanol–water partition coefficient (Wildman–Crippen LogP) is 1.39. The number of piperidine rings is 1. The van der Waals surface area contributed by atoms with Gasteiger partial charge in [0.05, 0.1) is 12.3 Å². The van der Waals surface area contributed by atoms with Gasteiger partial charge in [-0.05, 0) is 33.5 Å². The van der Waals surface area contributed by atoms with Gasteiger partial charge in [0.2, 0.25) is 0 Å². The molecular weight excluding hydrogens is 230 g/mol. The van der Waals surface area contributed by atoms with Gasteiger partial charge in [-0.3, -0.25) is 0 Å². The Hall–Kier alpha value is -0.910. The van der Waals surface area contributed by atoms with E-state index in [-0.39, 0.29) is 0 Å². The summed E-state index contributed by atoms with van der Waals surface area (Å²) in [6, 6.07) is 2.50. The number of rotatable bonds is 6. The number of hydrogen-bond acceptors (Lipinski definition) is 5. The van der Waals surface area contributed by atoms with E-state index in [2.05, 4.69) is 22.4 Å². The number of ether oxygens (including phenoxy) is 1. The maximum Gasteiger partial charge on any atom is 0.162 e. The molecule has 2 rings (SSSR count). The lowest BCUT2D eigenvalue weighted by molar-refractivity contribution is 0.0354. The van der Waals surface area contributed by atoms with E-state index in [0.717, 1.165) is 24.6 Å². The van der Waals surface area contributed by atoms with E-state index in [1.54, 1.807) is 0 Å². The standard InChI is InChI=1S/C13H23N3O2/c1-14-8-11-7-13(18-15-11)10-17-9-12-5-3-4-6-16(12)2/h7,12,14H,3-6,8-10H2,1-2H3. The van der Waals surface area contributed by atoms with Crippen LogP contribution in [0.25, 0.3) is 0 Å². The summed E-state index contributed by atoms with van der Waals surface area (Å²) in [6.45, 7) is 3.21. The van der Waals surface area contributed by atoms with Crippen molar-refractivity contribution in [3.8, 4) is 0 Å². The van der Waals surface area contributed by atoms with Gasteiger partial charge in [0, 0.05) is 18.7 Å². The lowest BCUT2D eigenvalue weighted by Crippen LogP contribution is -2.39. The molecule has 1 N–H and O–H groups in total. The SMILES string of the molecule is CNCc1cc(COCC2CCCCN2C)on1. The minimum Gasteiger partial charge on any atom is -0.372 e. The molecule has 1 saturated heterocycles. The van der Waals surface area contributed by atoms with E-state index in [1.807, 2.05) is 13.1 Å². The summed E-state index contributed by atoms with van der Waals surface area (Å²) in [5.41, 5.74) is 0.922. The average molecular weight is 253 g/mol. The molecule has 1 atom stereocenters. The van der Waals surface area contributed by atoms with Crippen molar-refractivity contribution in [1.82, 2.24) is 15.4 Å². The monoisotopic (exact) mass is 253 g/mol. The first-order chi connectivity index (χ1) is 8.79. The minimum absolute atomic E-state index is 0.515. The predicted molar refractivity (Wildman–Crippen MR) is 69.2 cm³/mol. The van der Waals surface area contributed by atoms with Crippen molar-refractivity contribution in [2.45, 2.75) is 38.5 Å². The van der Waals surface area contributed by atoms with Crippen LogP contribution in [-0.4, -0.2) is 43.3 Å². The van der Waals surface area contributed by atoms with Crippen LogP contribution in [-0.2, 0) is 17.9 Å². The Balaban J connectivity index is 1.70. The highest BCUT2D eigenvalue weighted by atomic mass is 16.5. The third kappa shape index (κ3) is 3.80. The summed E-state index contributed by atoms with van der Waals surface area (Å²) in [6.07, 6.45) is 3.85. The number of nitrogens with zero attached hydrogens (tertiary/aromatic N) is 2. The zero-order valence-electron chi connectivity index (χ0n) is 11.3. The molecule has 1 aliphatic rings. The van der Waals surface area contributed by atoms with E-state index < -0.39 is 0 Å². The van der Waals surface area contributed by atoms with E-state index in [1.165, 1.54) is 25.8 Å². The number of nitrogens with one attached hydrogen (secondary N) is 1. The molecule has 0 aromatic carbocycles. The lowest BCUT2D eigenvalue weighted by atomic mass is 10.0. The molecule has 0 spiro atoms. The summed E-state index contributed by atoms with van der Waals surface area (Å²) >= 11 is 0. The molecule has 1 fully saturated rings. The highest BCUT2D eigenvalue weighted by Crippen LogP contribution is 2.15. The second-order valence-electron chi connectivity index (χ2n) is 4.96. The fourth-order valence-corrected chi connectivity index (χ4v) is 2.34. The summed E-state index contributed by atoms with van der Waals surface area (Å²) in [4.78, 5) is 2.39. The van der Waals surface area contributed by atoms with Crippen LogP contribution in [0.5, 0.6) is 0 Å². The number of likely N-dealkylation sites (N-methyl/N-ethyl adjacent to an activating group) is 1. The largest absolute Gasteiger partial charge is 0.372 e. The van der Waals surface area contributed by atoms with Crippen LogP contribution < -0.4 is 5.32 Å². The molecule has 1 aromatic rings. The molecule has 0 radical (unpaired) electrons. The molecule has 18 heavy (non-hydrogen) atoms. The molecular formula is C13H23N3O2. The van der Waals surface area contributed by atoms with Crippen molar-refractivity contribution in [1.29, 1.82) is 0 Å². The Labute approximate surface area is 108 Å². The lowest BCUT2D eigenvalue weighted by Gasteiger charge is -2.31. The molecule has 5 heteroatoms. The first kappa shape index (κ1) is 13.5. The molecule has 1 aromatic heterocycles. The zero-order valence-corrected chi connectivity index (χ0v) is 11.3. The van der Waals surface area contributed by atoms with E-state index >= 15 is 0 Å². The molecule has 0 amide bonds. The van der Waals surface area contributed by atoms with Gasteiger partial charge in [0.25, 0.3) is 0 Å². The van der Waals surface area contributed by atoms with Crippen molar-refractivity contribution in [2.24, 2.45) is 0 Å². The molecule has 1 aliphatic heterocycles. The van der Waals surface area contributed by atoms with Crippen LogP contribution in [0.4, 0.5) is 0 Å². The highest BCUT2D eigenvalue weighted by Gasteiger charge is 2.18. The molecule has 5 nitrogen and oxygen atoms in total. The third-order valence-corrected chi connectivity index (χ3v) is 3.44. The molecule has 0 bridgehead atoms. The summed E-state index contributed by atoms with van der Waals surface area (Å²) < 4.78 is 10.9. The number of hydrogen-bond donors (Lipinski definition) is 1. The van der Waals surface area contributed by atoms with Gasteiger partial charge in [0.15, 0.2) is 5.76 Å². The topological polar surface area (TPSA) is 50.5 Å². The maximum atomic E-state index is 5.73. The number of aromatic nitrogens is 1. The first-order valence-electron chi connectivity index (χ1n) is 6.66. The van der Waals surface area contributed by atoms with Crippen LogP contribution in [0.1, 0.15) is 30.7 Å². The van der Waals surface area contributed by atoms with Crippen molar-refractivity contribution in [2.75, 3.05) is 27.2 Å². The smallest absolute Gasteiger partial charge is 0.162 e. The summed E-state index contributed by atoms with van der Waals surface area (Å²) in [5, 5.41) is 7.00. The Morgan fingerprint density at radius 1 is 1.56 bits per heavy atom. The van der Waals surface area contributed by atoms with Crippen LogP contribution in [0.3, 0.4) is 0 Å².